The number of carbonyl (C=O) groups excluding carboxylic acids is 1. The number of hydrogen-bond acceptors (Lipinski definition) is 4. The number of amides is 1. The Morgan fingerprint density at radius 2 is 2.14 bits per heavy atom. The Morgan fingerprint density at radius 3 is 2.91 bits per heavy atom. The Labute approximate surface area is 134 Å². The second kappa shape index (κ2) is 6.58. The fourth-order valence-corrected chi connectivity index (χ4v) is 3.83. The monoisotopic (exact) mass is 316 g/mol. The van der Waals surface area contributed by atoms with Crippen LogP contribution in [0.3, 0.4) is 0 Å². The summed E-state index contributed by atoms with van der Waals surface area (Å²) in [7, 11) is 1.66. The van der Waals surface area contributed by atoms with Gasteiger partial charge in [-0.15, -0.1) is 11.3 Å². The minimum Gasteiger partial charge on any atom is -0.378 e. The summed E-state index contributed by atoms with van der Waals surface area (Å²) in [6, 6.07) is 8.37. The molecule has 0 aliphatic carbocycles. The lowest BCUT2D eigenvalue weighted by Crippen LogP contribution is -2.36. The molecule has 1 aliphatic heterocycles. The van der Waals surface area contributed by atoms with E-state index in [4.69, 9.17) is 4.74 Å². The van der Waals surface area contributed by atoms with Crippen molar-refractivity contribution in [3.8, 4) is 0 Å². The van der Waals surface area contributed by atoms with Gasteiger partial charge in [-0.25, -0.2) is 4.98 Å². The largest absolute Gasteiger partial charge is 0.378 e. The van der Waals surface area contributed by atoms with E-state index in [1.807, 2.05) is 17.9 Å². The SMILES string of the molecule is COCc1nc(C)c(CC(=O)N2CCc3ccccc3C2)s1. The van der Waals surface area contributed by atoms with Crippen LogP contribution in [0.15, 0.2) is 24.3 Å². The number of methoxy groups -OCH3 is 1. The van der Waals surface area contributed by atoms with E-state index in [0.29, 0.717) is 13.0 Å². The summed E-state index contributed by atoms with van der Waals surface area (Å²) in [5, 5.41) is 0.937. The molecular formula is C17H20N2O2S. The third-order valence-corrected chi connectivity index (χ3v) is 5.13. The summed E-state index contributed by atoms with van der Waals surface area (Å²) in [6.07, 6.45) is 1.38. The molecule has 0 atom stereocenters. The lowest BCUT2D eigenvalue weighted by Gasteiger charge is -2.28. The fraction of sp³-hybridized carbons (Fsp3) is 0.412. The quantitative estimate of drug-likeness (QED) is 0.871. The summed E-state index contributed by atoms with van der Waals surface area (Å²) in [4.78, 5) is 20.0. The van der Waals surface area contributed by atoms with Gasteiger partial charge in [0.05, 0.1) is 18.7 Å². The third kappa shape index (κ3) is 3.20. The van der Waals surface area contributed by atoms with Gasteiger partial charge in [0.1, 0.15) is 5.01 Å². The maximum Gasteiger partial charge on any atom is 0.228 e. The molecule has 4 nitrogen and oxygen atoms in total. The highest BCUT2D eigenvalue weighted by atomic mass is 32.1. The maximum atomic E-state index is 12.6. The fourth-order valence-electron chi connectivity index (χ4n) is 2.80. The van der Waals surface area contributed by atoms with Crippen molar-refractivity contribution < 1.29 is 9.53 Å². The van der Waals surface area contributed by atoms with Crippen molar-refractivity contribution in [1.82, 2.24) is 9.88 Å². The van der Waals surface area contributed by atoms with Gasteiger partial charge in [-0.2, -0.15) is 0 Å². The highest BCUT2D eigenvalue weighted by molar-refractivity contribution is 7.11. The highest BCUT2D eigenvalue weighted by Gasteiger charge is 2.22. The molecule has 2 heterocycles. The van der Waals surface area contributed by atoms with Gasteiger partial charge in [0.15, 0.2) is 0 Å². The summed E-state index contributed by atoms with van der Waals surface area (Å²) >= 11 is 1.58. The minimum absolute atomic E-state index is 0.185. The molecule has 1 aromatic carbocycles. The van der Waals surface area contributed by atoms with Gasteiger partial charge >= 0.3 is 0 Å². The number of hydrogen-bond donors (Lipinski definition) is 0. The Morgan fingerprint density at radius 1 is 1.36 bits per heavy atom. The van der Waals surface area contributed by atoms with Gasteiger partial charge in [0, 0.05) is 25.1 Å². The number of ether oxygens (including phenoxy) is 1. The van der Waals surface area contributed by atoms with Crippen molar-refractivity contribution in [2.24, 2.45) is 0 Å². The normalized spacial score (nSPS) is 14.0. The van der Waals surface area contributed by atoms with Crippen LogP contribution in [0.25, 0.3) is 0 Å². The minimum atomic E-state index is 0.185. The van der Waals surface area contributed by atoms with Crippen molar-refractivity contribution in [1.29, 1.82) is 0 Å². The smallest absolute Gasteiger partial charge is 0.228 e. The van der Waals surface area contributed by atoms with E-state index >= 15 is 0 Å². The Bertz CT molecular complexity index is 681. The Kier molecular flexibility index (Phi) is 4.55. The molecule has 3 rings (SSSR count). The summed E-state index contributed by atoms with van der Waals surface area (Å²) in [6.45, 7) is 4.00. The molecule has 0 bridgehead atoms. The van der Waals surface area contributed by atoms with Crippen LogP contribution in [0.1, 0.15) is 26.7 Å². The molecular weight excluding hydrogens is 296 g/mol. The molecule has 0 unspecified atom stereocenters. The highest BCUT2D eigenvalue weighted by Crippen LogP contribution is 2.23. The van der Waals surface area contributed by atoms with E-state index in [-0.39, 0.29) is 5.91 Å². The standard InChI is InChI=1S/C17H20N2O2S/c1-12-15(22-16(18-12)11-21-2)9-17(20)19-8-7-13-5-3-4-6-14(13)10-19/h3-6H,7-11H2,1-2H3. The first-order chi connectivity index (χ1) is 10.7. The molecule has 0 saturated carbocycles. The van der Waals surface area contributed by atoms with Gasteiger partial charge < -0.3 is 9.64 Å². The van der Waals surface area contributed by atoms with Crippen molar-refractivity contribution in [3.63, 3.8) is 0 Å². The summed E-state index contributed by atoms with van der Waals surface area (Å²) < 4.78 is 5.11. The van der Waals surface area contributed by atoms with Crippen LogP contribution in [-0.2, 0) is 35.5 Å². The molecule has 5 heteroatoms. The maximum absolute atomic E-state index is 12.6. The molecule has 0 spiro atoms. The van der Waals surface area contributed by atoms with E-state index in [0.717, 1.165) is 35.1 Å². The van der Waals surface area contributed by atoms with Gasteiger partial charge in [-0.05, 0) is 24.5 Å². The van der Waals surface area contributed by atoms with Gasteiger partial charge in [0.25, 0.3) is 0 Å². The third-order valence-electron chi connectivity index (χ3n) is 4.00. The van der Waals surface area contributed by atoms with Crippen LogP contribution in [0.5, 0.6) is 0 Å². The number of rotatable bonds is 4. The van der Waals surface area contributed by atoms with Crippen LogP contribution in [0, 0.1) is 6.92 Å². The van der Waals surface area contributed by atoms with Crippen LogP contribution >= 0.6 is 11.3 Å². The van der Waals surface area contributed by atoms with Crippen molar-refractivity contribution >= 4 is 17.2 Å². The van der Waals surface area contributed by atoms with Crippen LogP contribution in [0.2, 0.25) is 0 Å². The molecule has 116 valence electrons. The number of fused-ring (bicyclic) bond motifs is 1. The van der Waals surface area contributed by atoms with E-state index in [1.54, 1.807) is 18.4 Å². The van der Waals surface area contributed by atoms with Gasteiger partial charge in [0.2, 0.25) is 5.91 Å². The first-order valence-corrected chi connectivity index (χ1v) is 8.27. The lowest BCUT2D eigenvalue weighted by atomic mass is 10.00. The Hall–Kier alpha value is -1.72. The Balaban J connectivity index is 1.68. The number of aromatic nitrogens is 1. The number of nitrogens with zero attached hydrogens (tertiary/aromatic N) is 2. The zero-order valence-corrected chi connectivity index (χ0v) is 13.8. The number of benzene rings is 1. The van der Waals surface area contributed by atoms with Crippen LogP contribution in [0.4, 0.5) is 0 Å². The van der Waals surface area contributed by atoms with Crippen molar-refractivity contribution in [2.75, 3.05) is 13.7 Å². The van der Waals surface area contributed by atoms with E-state index < -0.39 is 0 Å². The van der Waals surface area contributed by atoms with Gasteiger partial charge in [-0.1, -0.05) is 24.3 Å². The van der Waals surface area contributed by atoms with Gasteiger partial charge in [-0.3, -0.25) is 4.79 Å². The molecule has 0 N–H and O–H groups in total. The van der Waals surface area contributed by atoms with E-state index in [2.05, 4.69) is 23.2 Å². The van der Waals surface area contributed by atoms with Crippen LogP contribution in [-0.4, -0.2) is 29.4 Å². The second-order valence-electron chi connectivity index (χ2n) is 5.56. The van der Waals surface area contributed by atoms with E-state index in [9.17, 15) is 4.79 Å². The van der Waals surface area contributed by atoms with Crippen LogP contribution < -0.4 is 0 Å². The number of carbonyl (C=O) groups is 1. The molecule has 0 radical (unpaired) electrons. The summed E-state index contributed by atoms with van der Waals surface area (Å²) in [5.41, 5.74) is 3.58. The lowest BCUT2D eigenvalue weighted by molar-refractivity contribution is -0.131. The zero-order chi connectivity index (χ0) is 15.5. The molecule has 2 aromatic rings. The molecule has 22 heavy (non-hydrogen) atoms. The first kappa shape index (κ1) is 15.2. The van der Waals surface area contributed by atoms with Crippen molar-refractivity contribution in [2.45, 2.75) is 32.9 Å². The van der Waals surface area contributed by atoms with Crippen molar-refractivity contribution in [3.05, 3.63) is 51.0 Å². The van der Waals surface area contributed by atoms with E-state index in [1.165, 1.54) is 11.1 Å². The molecule has 1 amide bonds. The average molecular weight is 316 g/mol. The summed E-state index contributed by atoms with van der Waals surface area (Å²) in [5.74, 6) is 0.185. The number of thiazole rings is 1. The predicted octanol–water partition coefficient (Wildman–Crippen LogP) is 2.73. The molecule has 0 fully saturated rings. The zero-order valence-electron chi connectivity index (χ0n) is 13.0. The first-order valence-electron chi connectivity index (χ1n) is 7.46. The molecule has 0 saturated heterocycles. The topological polar surface area (TPSA) is 42.4 Å². The predicted molar refractivity (Wildman–Crippen MR) is 86.8 cm³/mol. The average Bonchev–Trinajstić information content (AvgIpc) is 2.87. The molecule has 1 aliphatic rings. The number of aryl methyl sites for hydroxylation is 1. The second-order valence-corrected chi connectivity index (χ2v) is 6.73. The molecule has 1 aromatic heterocycles.